The largest absolute Gasteiger partial charge is 0.493 e. The maximum Gasteiger partial charge on any atom is 0.266 e. The monoisotopic (exact) mass is 430 g/mol. The Bertz CT molecular complexity index is 916. The number of amidine groups is 1. The summed E-state index contributed by atoms with van der Waals surface area (Å²) in [5, 5.41) is 1.24. The number of carbonyl (C=O) groups excluding carboxylic acids is 1. The third-order valence-electron chi connectivity index (χ3n) is 4.16. The molecule has 152 valence electrons. The van der Waals surface area contributed by atoms with Gasteiger partial charge in [-0.05, 0) is 61.5 Å². The van der Waals surface area contributed by atoms with Gasteiger partial charge < -0.3 is 9.47 Å². The van der Waals surface area contributed by atoms with Gasteiger partial charge in [0.1, 0.15) is 5.75 Å². The lowest BCUT2D eigenvalue weighted by Gasteiger charge is -2.15. The number of carbonyl (C=O) groups is 1. The highest BCUT2D eigenvalue weighted by Crippen LogP contribution is 2.36. The third-order valence-corrected chi connectivity index (χ3v) is 5.40. The van der Waals surface area contributed by atoms with Crippen LogP contribution >= 0.6 is 23.4 Å². The fourth-order valence-corrected chi connectivity index (χ4v) is 4.02. The molecule has 0 radical (unpaired) electrons. The fraction of sp³-hybridized carbons (Fsp3) is 0.273. The van der Waals surface area contributed by atoms with Gasteiger partial charge >= 0.3 is 0 Å². The van der Waals surface area contributed by atoms with Crippen LogP contribution in [0.3, 0.4) is 0 Å². The summed E-state index contributed by atoms with van der Waals surface area (Å²) < 4.78 is 10.8. The zero-order chi connectivity index (χ0) is 20.6. The van der Waals surface area contributed by atoms with Gasteiger partial charge in [-0.25, -0.2) is 4.99 Å². The van der Waals surface area contributed by atoms with Crippen molar-refractivity contribution in [1.29, 1.82) is 0 Å². The summed E-state index contributed by atoms with van der Waals surface area (Å²) >= 11 is 7.52. The molecule has 1 saturated heterocycles. The summed E-state index contributed by atoms with van der Waals surface area (Å²) in [7, 11) is 1.65. The second-order valence-corrected chi connectivity index (χ2v) is 7.70. The van der Waals surface area contributed by atoms with Gasteiger partial charge in [0, 0.05) is 30.8 Å². The molecule has 0 aliphatic carbocycles. The number of benzene rings is 2. The number of methoxy groups -OCH3 is 1. The van der Waals surface area contributed by atoms with Crippen LogP contribution in [0.15, 0.2) is 58.4 Å². The molecule has 0 unspecified atom stereocenters. The molecular formula is C22H23ClN2O3S. The minimum absolute atomic E-state index is 0.0804. The Morgan fingerprint density at radius 1 is 1.21 bits per heavy atom. The van der Waals surface area contributed by atoms with E-state index in [1.54, 1.807) is 24.1 Å². The molecule has 1 aliphatic heterocycles. The molecule has 5 nitrogen and oxygen atoms in total. The minimum Gasteiger partial charge on any atom is -0.493 e. The van der Waals surface area contributed by atoms with Crippen LogP contribution in [0.4, 0.5) is 5.69 Å². The predicted molar refractivity (Wildman–Crippen MR) is 120 cm³/mol. The second kappa shape index (κ2) is 10.5. The lowest BCUT2D eigenvalue weighted by Crippen LogP contribution is -2.30. The van der Waals surface area contributed by atoms with Crippen molar-refractivity contribution >= 4 is 46.2 Å². The van der Waals surface area contributed by atoms with Gasteiger partial charge in [-0.3, -0.25) is 9.69 Å². The average Bonchev–Trinajstić information content (AvgIpc) is 3.00. The van der Waals surface area contributed by atoms with Gasteiger partial charge in [-0.2, -0.15) is 0 Å². The summed E-state index contributed by atoms with van der Waals surface area (Å²) in [6.45, 7) is 3.57. The summed E-state index contributed by atoms with van der Waals surface area (Å²) in [5.74, 6) is 0.611. The van der Waals surface area contributed by atoms with Crippen molar-refractivity contribution in [3.63, 3.8) is 0 Å². The van der Waals surface area contributed by atoms with E-state index in [-0.39, 0.29) is 5.91 Å². The Morgan fingerprint density at radius 3 is 2.72 bits per heavy atom. The Kier molecular flexibility index (Phi) is 7.75. The Labute approximate surface area is 180 Å². The molecule has 0 spiro atoms. The first-order chi connectivity index (χ1) is 14.1. The molecule has 7 heteroatoms. The number of halogens is 1. The molecule has 2 aromatic rings. The van der Waals surface area contributed by atoms with E-state index in [1.165, 1.54) is 11.8 Å². The molecule has 1 fully saturated rings. The van der Waals surface area contributed by atoms with Crippen molar-refractivity contribution in [2.45, 2.75) is 13.3 Å². The Balaban J connectivity index is 1.94. The lowest BCUT2D eigenvalue weighted by atomic mass is 10.2. The molecule has 0 N–H and O–H groups in total. The molecule has 0 bridgehead atoms. The SMILES string of the molecule is CCOc1ccc(Cl)cc1/C=C1\SC(=Nc2ccccc2)N(CCCOC)C1=O. The quantitative estimate of drug-likeness (QED) is 0.416. The van der Waals surface area contributed by atoms with Crippen LogP contribution in [-0.4, -0.2) is 42.8 Å². The van der Waals surface area contributed by atoms with Crippen molar-refractivity contribution in [3.8, 4) is 5.75 Å². The number of aliphatic imine (C=N–C) groups is 1. The molecule has 2 aromatic carbocycles. The second-order valence-electron chi connectivity index (χ2n) is 6.26. The molecule has 1 heterocycles. The van der Waals surface area contributed by atoms with Crippen LogP contribution < -0.4 is 4.74 Å². The molecule has 1 amide bonds. The third kappa shape index (κ3) is 5.63. The molecule has 0 atom stereocenters. The van der Waals surface area contributed by atoms with E-state index in [1.807, 2.05) is 49.4 Å². The maximum atomic E-state index is 13.1. The van der Waals surface area contributed by atoms with E-state index in [0.717, 1.165) is 17.7 Å². The summed E-state index contributed by atoms with van der Waals surface area (Å²) in [6, 6.07) is 15.0. The predicted octanol–water partition coefficient (Wildman–Crippen LogP) is 5.38. The van der Waals surface area contributed by atoms with Gasteiger partial charge in [0.2, 0.25) is 0 Å². The van der Waals surface area contributed by atoms with Crippen LogP contribution in [0.5, 0.6) is 5.75 Å². The average molecular weight is 431 g/mol. The van der Waals surface area contributed by atoms with Crippen molar-refractivity contribution in [3.05, 3.63) is 64.0 Å². The lowest BCUT2D eigenvalue weighted by molar-refractivity contribution is -0.122. The topological polar surface area (TPSA) is 51.1 Å². The number of amides is 1. The van der Waals surface area contributed by atoms with E-state index in [0.29, 0.717) is 40.6 Å². The summed E-state index contributed by atoms with van der Waals surface area (Å²) in [6.07, 6.45) is 2.55. The normalized spacial score (nSPS) is 16.8. The first-order valence-electron chi connectivity index (χ1n) is 9.38. The van der Waals surface area contributed by atoms with E-state index >= 15 is 0 Å². The number of ether oxygens (including phenoxy) is 2. The number of para-hydroxylation sites is 1. The summed E-state index contributed by atoms with van der Waals surface area (Å²) in [5.41, 5.74) is 1.58. The van der Waals surface area contributed by atoms with Crippen molar-refractivity contribution in [1.82, 2.24) is 4.90 Å². The fourth-order valence-electron chi connectivity index (χ4n) is 2.83. The molecule has 1 aliphatic rings. The number of nitrogens with zero attached hydrogens (tertiary/aromatic N) is 2. The van der Waals surface area contributed by atoms with Gasteiger partial charge in [-0.1, -0.05) is 29.8 Å². The number of hydrogen-bond donors (Lipinski definition) is 0. The minimum atomic E-state index is -0.0804. The number of hydrogen-bond acceptors (Lipinski definition) is 5. The van der Waals surface area contributed by atoms with Gasteiger partial charge in [-0.15, -0.1) is 0 Å². The van der Waals surface area contributed by atoms with Gasteiger partial charge in [0.25, 0.3) is 5.91 Å². The Hall–Kier alpha value is -2.28. The zero-order valence-corrected chi connectivity index (χ0v) is 18.0. The first-order valence-corrected chi connectivity index (χ1v) is 10.6. The van der Waals surface area contributed by atoms with Gasteiger partial charge in [0.05, 0.1) is 17.2 Å². The van der Waals surface area contributed by atoms with E-state index in [2.05, 4.69) is 4.99 Å². The van der Waals surface area contributed by atoms with Crippen LogP contribution in [-0.2, 0) is 9.53 Å². The summed E-state index contributed by atoms with van der Waals surface area (Å²) in [4.78, 5) is 20.1. The van der Waals surface area contributed by atoms with Crippen molar-refractivity contribution in [2.24, 2.45) is 4.99 Å². The van der Waals surface area contributed by atoms with E-state index < -0.39 is 0 Å². The van der Waals surface area contributed by atoms with Crippen LogP contribution in [0.2, 0.25) is 5.02 Å². The van der Waals surface area contributed by atoms with Crippen LogP contribution in [0.25, 0.3) is 6.08 Å². The first kappa shape index (κ1) is 21.4. The van der Waals surface area contributed by atoms with E-state index in [9.17, 15) is 4.79 Å². The van der Waals surface area contributed by atoms with Crippen molar-refractivity contribution in [2.75, 3.05) is 26.9 Å². The van der Waals surface area contributed by atoms with Crippen LogP contribution in [0, 0.1) is 0 Å². The Morgan fingerprint density at radius 2 is 2.00 bits per heavy atom. The molecule has 3 rings (SSSR count). The van der Waals surface area contributed by atoms with Crippen molar-refractivity contribution < 1.29 is 14.3 Å². The smallest absolute Gasteiger partial charge is 0.266 e. The van der Waals surface area contributed by atoms with E-state index in [4.69, 9.17) is 21.1 Å². The highest BCUT2D eigenvalue weighted by Gasteiger charge is 2.33. The maximum absolute atomic E-state index is 13.1. The highest BCUT2D eigenvalue weighted by atomic mass is 35.5. The zero-order valence-electron chi connectivity index (χ0n) is 16.4. The van der Waals surface area contributed by atoms with Gasteiger partial charge in [0.15, 0.2) is 5.17 Å². The molecule has 29 heavy (non-hydrogen) atoms. The molecule has 0 aromatic heterocycles. The highest BCUT2D eigenvalue weighted by molar-refractivity contribution is 8.18. The molecule has 0 saturated carbocycles. The standard InChI is InChI=1S/C22H23ClN2O3S/c1-3-28-19-11-10-17(23)14-16(19)15-20-21(26)25(12-7-13-27-2)22(29-20)24-18-8-5-4-6-9-18/h4-6,8-11,14-15H,3,7,12-13H2,1-2H3/b20-15-,24-22?. The van der Waals surface area contributed by atoms with Crippen LogP contribution in [0.1, 0.15) is 18.9 Å². The number of rotatable bonds is 8. The number of thioether (sulfide) groups is 1. The molecular weight excluding hydrogens is 408 g/mol.